The van der Waals surface area contributed by atoms with E-state index in [9.17, 15) is 13.2 Å². The van der Waals surface area contributed by atoms with Gasteiger partial charge in [0.15, 0.2) is 0 Å². The molecule has 0 aliphatic rings. The summed E-state index contributed by atoms with van der Waals surface area (Å²) >= 11 is 0. The zero-order valence-electron chi connectivity index (χ0n) is 20.4. The van der Waals surface area contributed by atoms with Crippen molar-refractivity contribution < 1.29 is 23.2 Å². The molecule has 0 saturated heterocycles. The van der Waals surface area contributed by atoms with Gasteiger partial charge in [-0.05, 0) is 44.0 Å². The molecular weight excluding hydrogens is 464 g/mol. The molecule has 0 unspecified atom stereocenters. The monoisotopic (exact) mass is 494 g/mol. The van der Waals surface area contributed by atoms with Gasteiger partial charge >= 0.3 is 5.97 Å². The fourth-order valence-corrected chi connectivity index (χ4v) is 4.64. The first kappa shape index (κ1) is 26.1. The maximum Gasteiger partial charge on any atom is 0.307 e. The number of benzene rings is 3. The molecule has 3 aromatic carbocycles. The van der Waals surface area contributed by atoms with Crippen molar-refractivity contribution in [1.29, 1.82) is 0 Å². The van der Waals surface area contributed by atoms with E-state index in [-0.39, 0.29) is 24.5 Å². The molecule has 0 aliphatic heterocycles. The Kier molecular flexibility index (Phi) is 8.43. The number of oxime groups is 1. The molecule has 0 fully saturated rings. The second kappa shape index (κ2) is 11.3. The van der Waals surface area contributed by atoms with Gasteiger partial charge in [0, 0.05) is 18.2 Å². The van der Waals surface area contributed by atoms with Crippen molar-refractivity contribution in [3.63, 3.8) is 0 Å². The van der Waals surface area contributed by atoms with Gasteiger partial charge in [0.2, 0.25) is 10.0 Å². The van der Waals surface area contributed by atoms with E-state index in [1.54, 1.807) is 13.0 Å². The quantitative estimate of drug-likeness (QED) is 0.257. The first-order valence-corrected chi connectivity index (χ1v) is 12.6. The highest BCUT2D eigenvalue weighted by atomic mass is 32.2. The Labute approximate surface area is 206 Å². The summed E-state index contributed by atoms with van der Waals surface area (Å²) in [5, 5.41) is 13.4. The van der Waals surface area contributed by atoms with Crippen LogP contribution >= 0.6 is 0 Å². The number of likely N-dealkylation sites (N-methyl/N-ethyl adjacent to an activating group) is 1. The summed E-state index contributed by atoms with van der Waals surface area (Å²) < 4.78 is 27.2. The first-order valence-electron chi connectivity index (χ1n) is 11.2. The summed E-state index contributed by atoms with van der Waals surface area (Å²) in [5.74, 6) is -1.01. The van der Waals surface area contributed by atoms with E-state index in [2.05, 4.69) is 5.16 Å². The van der Waals surface area contributed by atoms with E-state index < -0.39 is 16.0 Å². The molecule has 0 aliphatic carbocycles. The molecule has 7 nitrogen and oxygen atoms in total. The van der Waals surface area contributed by atoms with Crippen molar-refractivity contribution in [2.45, 2.75) is 32.1 Å². The predicted octanol–water partition coefficient (Wildman–Crippen LogP) is 4.33. The van der Waals surface area contributed by atoms with Crippen LogP contribution in [0.25, 0.3) is 0 Å². The largest absolute Gasteiger partial charge is 0.481 e. The van der Waals surface area contributed by atoms with Crippen LogP contribution in [0.3, 0.4) is 0 Å². The highest BCUT2D eigenvalue weighted by Gasteiger charge is 2.22. The molecule has 0 radical (unpaired) electrons. The highest BCUT2D eigenvalue weighted by Crippen LogP contribution is 2.19. The van der Waals surface area contributed by atoms with Gasteiger partial charge in [0.05, 0.1) is 17.9 Å². The number of aryl methyl sites for hydroxylation is 3. The van der Waals surface area contributed by atoms with Crippen LogP contribution in [0.5, 0.6) is 0 Å². The van der Waals surface area contributed by atoms with Crippen LogP contribution in [0.4, 0.5) is 0 Å². The van der Waals surface area contributed by atoms with E-state index in [4.69, 9.17) is 9.94 Å². The maximum absolute atomic E-state index is 13.0. The standard InChI is InChI=1S/C27H30N2O5S/c1-19-5-10-22(11-6-19)27(23-12-7-20(2)8-13-23)28-34-16-15-29(4)35(32,33)25-14-9-21(3)24(17-25)18-26(30)31/h5-14,17H,15-16,18H2,1-4H3,(H,30,31). The molecule has 0 atom stereocenters. The van der Waals surface area contributed by atoms with Crippen LogP contribution in [-0.4, -0.2) is 49.7 Å². The molecule has 0 aromatic heterocycles. The van der Waals surface area contributed by atoms with Crippen molar-refractivity contribution in [3.05, 3.63) is 100 Å². The number of sulfonamides is 1. The van der Waals surface area contributed by atoms with Crippen LogP contribution < -0.4 is 0 Å². The molecule has 35 heavy (non-hydrogen) atoms. The van der Waals surface area contributed by atoms with Crippen molar-refractivity contribution >= 4 is 21.7 Å². The van der Waals surface area contributed by atoms with Gasteiger partial charge in [-0.1, -0.05) is 70.9 Å². The fourth-order valence-electron chi connectivity index (χ4n) is 3.44. The molecule has 3 rings (SSSR count). The van der Waals surface area contributed by atoms with Crippen LogP contribution in [0.15, 0.2) is 76.8 Å². The highest BCUT2D eigenvalue weighted by molar-refractivity contribution is 7.89. The van der Waals surface area contributed by atoms with Gasteiger partial charge in [-0.25, -0.2) is 8.42 Å². The molecule has 0 heterocycles. The Morgan fingerprint density at radius 2 is 1.46 bits per heavy atom. The zero-order valence-corrected chi connectivity index (χ0v) is 21.2. The van der Waals surface area contributed by atoms with Crippen LogP contribution in [0.2, 0.25) is 0 Å². The lowest BCUT2D eigenvalue weighted by Gasteiger charge is -2.18. The van der Waals surface area contributed by atoms with Crippen molar-refractivity contribution in [2.75, 3.05) is 20.2 Å². The normalized spacial score (nSPS) is 11.3. The van der Waals surface area contributed by atoms with Crippen LogP contribution in [0.1, 0.15) is 33.4 Å². The van der Waals surface area contributed by atoms with Crippen molar-refractivity contribution in [2.24, 2.45) is 5.16 Å². The number of rotatable bonds is 10. The molecule has 0 amide bonds. The van der Waals surface area contributed by atoms with Gasteiger partial charge < -0.3 is 9.94 Å². The summed E-state index contributed by atoms with van der Waals surface area (Å²) in [7, 11) is -2.36. The van der Waals surface area contributed by atoms with Gasteiger partial charge in [-0.3, -0.25) is 4.79 Å². The van der Waals surface area contributed by atoms with Crippen molar-refractivity contribution in [3.8, 4) is 0 Å². The lowest BCUT2D eigenvalue weighted by molar-refractivity contribution is -0.136. The fraction of sp³-hybridized carbons (Fsp3) is 0.259. The average Bonchev–Trinajstić information content (AvgIpc) is 2.81. The van der Waals surface area contributed by atoms with Gasteiger partial charge in [-0.15, -0.1) is 0 Å². The van der Waals surface area contributed by atoms with Crippen molar-refractivity contribution in [1.82, 2.24) is 4.31 Å². The minimum atomic E-state index is -3.82. The van der Waals surface area contributed by atoms with Crippen LogP contribution in [-0.2, 0) is 26.1 Å². The molecule has 0 saturated carbocycles. The number of aliphatic carboxylic acids is 1. The lowest BCUT2D eigenvalue weighted by atomic mass is 10.0. The third-order valence-corrected chi connectivity index (χ3v) is 7.53. The number of carbonyl (C=O) groups is 1. The summed E-state index contributed by atoms with van der Waals surface area (Å²) in [6.45, 7) is 5.90. The molecule has 1 N–H and O–H groups in total. The van der Waals surface area contributed by atoms with E-state index >= 15 is 0 Å². The SMILES string of the molecule is Cc1ccc(C(=NOCCN(C)S(=O)(=O)c2ccc(C)c(CC(=O)O)c2)c2ccc(C)cc2)cc1. The molecule has 0 bridgehead atoms. The second-order valence-electron chi connectivity index (χ2n) is 8.49. The topological polar surface area (TPSA) is 96.3 Å². The van der Waals surface area contributed by atoms with E-state index in [1.807, 2.05) is 62.4 Å². The predicted molar refractivity (Wildman–Crippen MR) is 136 cm³/mol. The van der Waals surface area contributed by atoms with Gasteiger partial charge in [0.1, 0.15) is 12.3 Å². The number of carboxylic acids is 1. The van der Waals surface area contributed by atoms with E-state index in [1.165, 1.54) is 23.5 Å². The lowest BCUT2D eigenvalue weighted by Crippen LogP contribution is -2.30. The smallest absolute Gasteiger partial charge is 0.307 e. The molecule has 8 heteroatoms. The van der Waals surface area contributed by atoms with E-state index in [0.717, 1.165) is 27.8 Å². The Morgan fingerprint density at radius 1 is 0.914 bits per heavy atom. The summed E-state index contributed by atoms with van der Waals surface area (Å²) in [4.78, 5) is 16.7. The Hall–Kier alpha value is -3.49. The van der Waals surface area contributed by atoms with Gasteiger partial charge in [0.25, 0.3) is 0 Å². The molecule has 184 valence electrons. The maximum atomic E-state index is 13.0. The molecule has 3 aromatic rings. The Bertz CT molecular complexity index is 1270. The minimum Gasteiger partial charge on any atom is -0.481 e. The number of nitrogens with zero attached hydrogens (tertiary/aromatic N) is 2. The Balaban J connectivity index is 1.74. The summed E-state index contributed by atoms with van der Waals surface area (Å²) in [5.41, 5.74) is 5.91. The van der Waals surface area contributed by atoms with Crippen LogP contribution in [0, 0.1) is 20.8 Å². The average molecular weight is 495 g/mol. The third kappa shape index (κ3) is 6.77. The third-order valence-electron chi connectivity index (χ3n) is 5.67. The summed E-state index contributed by atoms with van der Waals surface area (Å²) in [6, 6.07) is 20.4. The number of carboxylic acid groups (broad SMARTS) is 1. The second-order valence-corrected chi connectivity index (χ2v) is 10.5. The first-order chi connectivity index (χ1) is 16.6. The molecule has 0 spiro atoms. The zero-order chi connectivity index (χ0) is 25.6. The Morgan fingerprint density at radius 3 is 1.97 bits per heavy atom. The minimum absolute atomic E-state index is 0.0464. The number of hydrogen-bond acceptors (Lipinski definition) is 5. The van der Waals surface area contributed by atoms with E-state index in [0.29, 0.717) is 11.3 Å². The molecular formula is C27H30N2O5S. The summed E-state index contributed by atoms with van der Waals surface area (Å²) in [6.07, 6.45) is -0.239. The van der Waals surface area contributed by atoms with Gasteiger partial charge in [-0.2, -0.15) is 4.31 Å². The number of hydrogen-bond donors (Lipinski definition) is 1.